The number of carbonyl (C=O) groups is 1. The van der Waals surface area contributed by atoms with Crippen molar-refractivity contribution in [1.29, 1.82) is 0 Å². The highest BCUT2D eigenvalue weighted by molar-refractivity contribution is 5.75. The highest BCUT2D eigenvalue weighted by atomic mass is 19.1. The second-order valence-corrected chi connectivity index (χ2v) is 7.32. The van der Waals surface area contributed by atoms with E-state index in [4.69, 9.17) is 0 Å². The average Bonchev–Trinajstić information content (AvgIpc) is 3.32. The van der Waals surface area contributed by atoms with Crippen LogP contribution < -0.4 is 5.32 Å². The minimum absolute atomic E-state index is 0.111. The zero-order chi connectivity index (χ0) is 21.8. The summed E-state index contributed by atoms with van der Waals surface area (Å²) in [6.45, 7) is 4.89. The van der Waals surface area contributed by atoms with Gasteiger partial charge in [-0.2, -0.15) is 10.2 Å². The molecule has 0 saturated heterocycles. The number of benzene rings is 1. The lowest BCUT2D eigenvalue weighted by atomic mass is 10.1. The van der Waals surface area contributed by atoms with Crippen molar-refractivity contribution in [2.24, 2.45) is 0 Å². The number of hydrogen-bond acceptors (Lipinski definition) is 4. The lowest BCUT2D eigenvalue weighted by Gasteiger charge is -2.09. The van der Waals surface area contributed by atoms with Gasteiger partial charge >= 0.3 is 0 Å². The Kier molecular flexibility index (Phi) is 5.88. The second kappa shape index (κ2) is 8.91. The van der Waals surface area contributed by atoms with E-state index in [1.54, 1.807) is 29.2 Å². The number of carbonyl (C=O) groups excluding carboxylic acids is 1. The summed E-state index contributed by atoms with van der Waals surface area (Å²) >= 11 is 0. The molecule has 4 rings (SSSR count). The van der Waals surface area contributed by atoms with E-state index in [0.717, 1.165) is 33.9 Å². The fourth-order valence-corrected chi connectivity index (χ4v) is 3.42. The Bertz CT molecular complexity index is 1180. The monoisotopic (exact) mass is 418 g/mol. The molecule has 0 unspecified atom stereocenters. The van der Waals surface area contributed by atoms with Gasteiger partial charge in [-0.15, -0.1) is 0 Å². The maximum atomic E-state index is 13.3. The summed E-state index contributed by atoms with van der Waals surface area (Å²) in [5.74, 6) is -0.402. The molecule has 1 aromatic carbocycles. The molecular formula is C23H23FN6O. The largest absolute Gasteiger partial charge is 0.353 e. The first-order valence-corrected chi connectivity index (χ1v) is 10.0. The van der Waals surface area contributed by atoms with Crippen LogP contribution in [0.3, 0.4) is 0 Å². The quantitative estimate of drug-likeness (QED) is 0.499. The number of aryl methyl sites for hydroxylation is 2. The van der Waals surface area contributed by atoms with E-state index >= 15 is 0 Å². The van der Waals surface area contributed by atoms with Crippen LogP contribution in [0.5, 0.6) is 0 Å². The van der Waals surface area contributed by atoms with Gasteiger partial charge in [0, 0.05) is 35.8 Å². The lowest BCUT2D eigenvalue weighted by molar-refractivity contribution is -0.121. The van der Waals surface area contributed by atoms with E-state index in [2.05, 4.69) is 20.5 Å². The zero-order valence-electron chi connectivity index (χ0n) is 17.4. The van der Waals surface area contributed by atoms with Gasteiger partial charge in [-0.1, -0.05) is 0 Å². The number of nitrogens with one attached hydrogen (secondary N) is 1. The smallest absolute Gasteiger partial charge is 0.241 e. The predicted molar refractivity (Wildman–Crippen MR) is 116 cm³/mol. The Morgan fingerprint density at radius 1 is 1.03 bits per heavy atom. The van der Waals surface area contributed by atoms with Gasteiger partial charge in [0.15, 0.2) is 0 Å². The van der Waals surface area contributed by atoms with Gasteiger partial charge < -0.3 is 5.32 Å². The summed E-state index contributed by atoms with van der Waals surface area (Å²) in [5.41, 5.74) is 5.17. The Hall–Kier alpha value is -3.81. The van der Waals surface area contributed by atoms with Crippen molar-refractivity contribution >= 4 is 5.91 Å². The normalized spacial score (nSPS) is 10.9. The second-order valence-electron chi connectivity index (χ2n) is 7.32. The minimum atomic E-state index is -0.291. The maximum Gasteiger partial charge on any atom is 0.241 e. The van der Waals surface area contributed by atoms with Crippen LogP contribution in [0.25, 0.3) is 22.5 Å². The minimum Gasteiger partial charge on any atom is -0.353 e. The summed E-state index contributed by atoms with van der Waals surface area (Å²) in [6, 6.07) is 13.9. The summed E-state index contributed by atoms with van der Waals surface area (Å²) in [5, 5.41) is 11.9. The molecule has 0 spiro atoms. The van der Waals surface area contributed by atoms with Crippen LogP contribution in [-0.4, -0.2) is 37.0 Å². The van der Waals surface area contributed by atoms with Gasteiger partial charge in [0.25, 0.3) is 0 Å². The standard InChI is InChI=1S/C23H23FN6O/c1-16-12-17(2)30(27-16)15-23(31)26-10-11-29-22(19-4-3-9-25-14-19)13-21(28-29)18-5-7-20(24)8-6-18/h3-9,12-14H,10-11,15H2,1-2H3,(H,26,31). The Labute approximate surface area is 179 Å². The van der Waals surface area contributed by atoms with Crippen molar-refractivity contribution in [3.63, 3.8) is 0 Å². The predicted octanol–water partition coefficient (Wildman–Crippen LogP) is 3.38. The van der Waals surface area contributed by atoms with Gasteiger partial charge in [-0.05, 0) is 62.4 Å². The fraction of sp³-hybridized carbons (Fsp3) is 0.217. The molecule has 7 nitrogen and oxygen atoms in total. The highest BCUT2D eigenvalue weighted by Gasteiger charge is 2.13. The summed E-state index contributed by atoms with van der Waals surface area (Å²) < 4.78 is 16.8. The maximum absolute atomic E-state index is 13.3. The third kappa shape index (κ3) is 4.85. The molecule has 0 atom stereocenters. The first kappa shape index (κ1) is 20.5. The molecule has 0 aliphatic carbocycles. The van der Waals surface area contributed by atoms with Gasteiger partial charge in [0.1, 0.15) is 12.4 Å². The number of amides is 1. The van der Waals surface area contributed by atoms with Crippen LogP contribution in [0.2, 0.25) is 0 Å². The molecule has 3 aromatic heterocycles. The molecule has 1 N–H and O–H groups in total. The van der Waals surface area contributed by atoms with Gasteiger partial charge in [-0.3, -0.25) is 19.1 Å². The Morgan fingerprint density at radius 2 is 1.84 bits per heavy atom. The van der Waals surface area contributed by atoms with E-state index in [0.29, 0.717) is 13.1 Å². The molecule has 158 valence electrons. The number of halogens is 1. The number of hydrogen-bond donors (Lipinski definition) is 1. The molecule has 0 bridgehead atoms. The Balaban J connectivity index is 1.49. The van der Waals surface area contributed by atoms with Gasteiger partial charge in [0.05, 0.1) is 23.6 Å². The highest BCUT2D eigenvalue weighted by Crippen LogP contribution is 2.26. The molecule has 8 heteroatoms. The third-order valence-corrected chi connectivity index (χ3v) is 4.92. The summed E-state index contributed by atoms with van der Waals surface area (Å²) in [4.78, 5) is 16.5. The number of aromatic nitrogens is 5. The van der Waals surface area contributed by atoms with Crippen molar-refractivity contribution in [2.75, 3.05) is 6.54 Å². The van der Waals surface area contributed by atoms with E-state index in [9.17, 15) is 9.18 Å². The van der Waals surface area contributed by atoms with Crippen LogP contribution in [0.15, 0.2) is 60.9 Å². The fourth-order valence-electron chi connectivity index (χ4n) is 3.42. The first-order chi connectivity index (χ1) is 15.0. The van der Waals surface area contributed by atoms with Crippen LogP contribution in [-0.2, 0) is 17.9 Å². The first-order valence-electron chi connectivity index (χ1n) is 10.0. The SMILES string of the molecule is Cc1cc(C)n(CC(=O)NCCn2nc(-c3ccc(F)cc3)cc2-c2cccnc2)n1. The molecule has 0 fully saturated rings. The summed E-state index contributed by atoms with van der Waals surface area (Å²) in [6.07, 6.45) is 3.48. The average molecular weight is 418 g/mol. The van der Waals surface area contributed by atoms with Crippen molar-refractivity contribution in [1.82, 2.24) is 29.9 Å². The van der Waals surface area contributed by atoms with Crippen molar-refractivity contribution < 1.29 is 9.18 Å². The van der Waals surface area contributed by atoms with Crippen LogP contribution in [0, 0.1) is 19.7 Å². The summed E-state index contributed by atoms with van der Waals surface area (Å²) in [7, 11) is 0. The molecule has 31 heavy (non-hydrogen) atoms. The molecular weight excluding hydrogens is 395 g/mol. The van der Waals surface area contributed by atoms with E-state index in [1.165, 1.54) is 12.1 Å². The van der Waals surface area contributed by atoms with E-state index < -0.39 is 0 Å². The Morgan fingerprint density at radius 3 is 2.52 bits per heavy atom. The number of rotatable bonds is 7. The van der Waals surface area contributed by atoms with Crippen LogP contribution in [0.4, 0.5) is 4.39 Å². The number of pyridine rings is 1. The molecule has 0 aliphatic heterocycles. The van der Waals surface area contributed by atoms with Crippen molar-refractivity contribution in [2.45, 2.75) is 26.9 Å². The third-order valence-electron chi connectivity index (χ3n) is 4.92. The number of nitrogens with zero attached hydrogens (tertiary/aromatic N) is 5. The topological polar surface area (TPSA) is 77.6 Å². The van der Waals surface area contributed by atoms with E-state index in [-0.39, 0.29) is 18.3 Å². The van der Waals surface area contributed by atoms with E-state index in [1.807, 2.05) is 42.8 Å². The molecule has 4 aromatic rings. The molecule has 0 aliphatic rings. The van der Waals surface area contributed by atoms with Crippen LogP contribution in [0.1, 0.15) is 11.4 Å². The molecule has 0 saturated carbocycles. The molecule has 1 amide bonds. The van der Waals surface area contributed by atoms with Crippen molar-refractivity contribution in [3.8, 4) is 22.5 Å². The molecule has 3 heterocycles. The molecule has 0 radical (unpaired) electrons. The van der Waals surface area contributed by atoms with Gasteiger partial charge in [-0.25, -0.2) is 4.39 Å². The van der Waals surface area contributed by atoms with Crippen molar-refractivity contribution in [3.05, 3.63) is 78.1 Å². The van der Waals surface area contributed by atoms with Gasteiger partial charge in [0.2, 0.25) is 5.91 Å². The lowest BCUT2D eigenvalue weighted by Crippen LogP contribution is -2.31. The van der Waals surface area contributed by atoms with Crippen LogP contribution >= 0.6 is 0 Å². The zero-order valence-corrected chi connectivity index (χ0v) is 17.4.